The summed E-state index contributed by atoms with van der Waals surface area (Å²) >= 11 is 0. The first-order valence-electron chi connectivity index (χ1n) is 9.76. The van der Waals surface area contributed by atoms with Gasteiger partial charge >= 0.3 is 0 Å². The van der Waals surface area contributed by atoms with Crippen LogP contribution in [-0.2, 0) is 0 Å². The highest BCUT2D eigenvalue weighted by Crippen LogP contribution is 2.30. The third-order valence-corrected chi connectivity index (χ3v) is 4.82. The van der Waals surface area contributed by atoms with Gasteiger partial charge in [-0.1, -0.05) is 30.3 Å². The Labute approximate surface area is 190 Å². The second-order valence-electron chi connectivity index (χ2n) is 6.94. The molecule has 0 aromatic heterocycles. The Kier molecular flexibility index (Phi) is 9.37. The van der Waals surface area contributed by atoms with Crippen LogP contribution in [0.2, 0.25) is 0 Å². The average Bonchev–Trinajstić information content (AvgIpc) is 3.20. The Hall–Kier alpha value is -2.16. The molecule has 3 rings (SSSR count). The summed E-state index contributed by atoms with van der Waals surface area (Å²) in [6.07, 6.45) is 1.09. The molecular weight excluding hydrogens is 479 g/mol. The fourth-order valence-corrected chi connectivity index (χ4v) is 3.39. The van der Waals surface area contributed by atoms with E-state index in [-0.39, 0.29) is 30.1 Å². The highest BCUT2D eigenvalue weighted by atomic mass is 127. The van der Waals surface area contributed by atoms with E-state index >= 15 is 0 Å². The smallest absolute Gasteiger partial charge is 0.191 e. The Morgan fingerprint density at radius 3 is 2.62 bits per heavy atom. The zero-order valence-corrected chi connectivity index (χ0v) is 19.6. The molecule has 1 fully saturated rings. The summed E-state index contributed by atoms with van der Waals surface area (Å²) < 4.78 is 11.4. The molecule has 0 spiro atoms. The van der Waals surface area contributed by atoms with Crippen LogP contribution in [0.4, 0.5) is 5.69 Å². The van der Waals surface area contributed by atoms with Gasteiger partial charge < -0.3 is 25.0 Å². The summed E-state index contributed by atoms with van der Waals surface area (Å²) in [6, 6.07) is 18.4. The van der Waals surface area contributed by atoms with Gasteiger partial charge in [-0.15, -0.1) is 24.0 Å². The minimum Gasteiger partial charge on any atom is -0.495 e. The third kappa shape index (κ3) is 6.69. The number of nitrogens with one attached hydrogen (secondary N) is 2. The lowest BCUT2D eigenvalue weighted by molar-refractivity contribution is 0.223. The van der Waals surface area contributed by atoms with Crippen molar-refractivity contribution in [3.05, 3.63) is 54.6 Å². The van der Waals surface area contributed by atoms with Crippen molar-refractivity contribution < 1.29 is 9.47 Å². The van der Waals surface area contributed by atoms with Crippen molar-refractivity contribution in [2.45, 2.75) is 25.5 Å². The molecular formula is C22H31IN4O2. The molecule has 0 saturated carbocycles. The summed E-state index contributed by atoms with van der Waals surface area (Å²) in [5, 5.41) is 6.89. The summed E-state index contributed by atoms with van der Waals surface area (Å²) in [5.74, 6) is 2.59. The van der Waals surface area contributed by atoms with Crippen LogP contribution in [0.1, 0.15) is 13.3 Å². The predicted molar refractivity (Wildman–Crippen MR) is 130 cm³/mol. The van der Waals surface area contributed by atoms with E-state index in [4.69, 9.17) is 9.47 Å². The number of benzene rings is 2. The van der Waals surface area contributed by atoms with E-state index in [0.29, 0.717) is 12.6 Å². The summed E-state index contributed by atoms with van der Waals surface area (Å²) in [4.78, 5) is 6.71. The second-order valence-corrected chi connectivity index (χ2v) is 6.94. The molecule has 29 heavy (non-hydrogen) atoms. The molecule has 0 radical (unpaired) electrons. The second kappa shape index (κ2) is 11.7. The monoisotopic (exact) mass is 510 g/mol. The minimum atomic E-state index is 0. The molecule has 158 valence electrons. The average molecular weight is 510 g/mol. The molecule has 2 N–H and O–H groups in total. The van der Waals surface area contributed by atoms with Crippen LogP contribution in [0.15, 0.2) is 59.6 Å². The molecule has 2 unspecified atom stereocenters. The van der Waals surface area contributed by atoms with E-state index in [2.05, 4.69) is 26.6 Å². The number of halogens is 1. The molecule has 1 aliphatic heterocycles. The van der Waals surface area contributed by atoms with Gasteiger partial charge in [-0.25, -0.2) is 0 Å². The highest BCUT2D eigenvalue weighted by Gasteiger charge is 2.25. The maximum absolute atomic E-state index is 5.91. The number of hydrogen-bond acceptors (Lipinski definition) is 4. The van der Waals surface area contributed by atoms with Crippen molar-refractivity contribution in [2.24, 2.45) is 4.99 Å². The summed E-state index contributed by atoms with van der Waals surface area (Å²) in [6.45, 7) is 4.63. The zero-order valence-electron chi connectivity index (χ0n) is 17.3. The molecule has 0 bridgehead atoms. The van der Waals surface area contributed by atoms with E-state index in [1.165, 1.54) is 0 Å². The van der Waals surface area contributed by atoms with Gasteiger partial charge in [0.2, 0.25) is 0 Å². The molecule has 1 saturated heterocycles. The summed E-state index contributed by atoms with van der Waals surface area (Å²) in [5.41, 5.74) is 1.14. The van der Waals surface area contributed by atoms with Gasteiger partial charge in [0.05, 0.1) is 19.3 Å². The number of methoxy groups -OCH3 is 1. The Morgan fingerprint density at radius 1 is 1.17 bits per heavy atom. The molecule has 2 atom stereocenters. The SMILES string of the molecule is CN=C(NCC(C)Oc1ccccc1)NC1CCN(c2ccccc2OC)C1.I. The van der Waals surface area contributed by atoms with E-state index < -0.39 is 0 Å². The van der Waals surface area contributed by atoms with Gasteiger partial charge in [0.15, 0.2) is 5.96 Å². The van der Waals surface area contributed by atoms with Gasteiger partial charge in [-0.05, 0) is 37.6 Å². The van der Waals surface area contributed by atoms with E-state index in [1.807, 2.05) is 55.5 Å². The first kappa shape index (κ1) is 23.1. The minimum absolute atomic E-state index is 0. The van der Waals surface area contributed by atoms with Crippen molar-refractivity contribution >= 4 is 35.6 Å². The van der Waals surface area contributed by atoms with Gasteiger partial charge in [0.25, 0.3) is 0 Å². The van der Waals surface area contributed by atoms with Gasteiger partial charge in [0, 0.05) is 26.2 Å². The number of hydrogen-bond donors (Lipinski definition) is 2. The Bertz CT molecular complexity index is 772. The topological polar surface area (TPSA) is 58.1 Å². The molecule has 7 heteroatoms. The molecule has 0 aliphatic carbocycles. The standard InChI is InChI=1S/C22H30N4O2.HI/c1-17(28-19-9-5-4-6-10-19)15-24-22(23-2)25-18-13-14-26(16-18)20-11-7-8-12-21(20)27-3;/h4-12,17-18H,13-16H2,1-3H3,(H2,23,24,25);1H. The quantitative estimate of drug-likeness (QED) is 0.339. The van der Waals surface area contributed by atoms with Crippen molar-refractivity contribution in [1.82, 2.24) is 10.6 Å². The number of nitrogens with zero attached hydrogens (tertiary/aromatic N) is 2. The number of ether oxygens (including phenoxy) is 2. The fourth-order valence-electron chi connectivity index (χ4n) is 3.39. The number of guanidine groups is 1. The molecule has 2 aromatic rings. The largest absolute Gasteiger partial charge is 0.495 e. The van der Waals surface area contributed by atoms with Crippen LogP contribution in [0.25, 0.3) is 0 Å². The van der Waals surface area contributed by atoms with E-state index in [0.717, 1.165) is 42.7 Å². The number of aliphatic imine (C=N–C) groups is 1. The van der Waals surface area contributed by atoms with Crippen LogP contribution in [-0.4, -0.2) is 51.9 Å². The number of rotatable bonds is 7. The maximum Gasteiger partial charge on any atom is 0.191 e. The number of anilines is 1. The van der Waals surface area contributed by atoms with Crippen LogP contribution in [0, 0.1) is 0 Å². The molecule has 2 aromatic carbocycles. The van der Waals surface area contributed by atoms with E-state index in [1.54, 1.807) is 14.2 Å². The van der Waals surface area contributed by atoms with Crippen molar-refractivity contribution in [3.8, 4) is 11.5 Å². The van der Waals surface area contributed by atoms with E-state index in [9.17, 15) is 0 Å². The third-order valence-electron chi connectivity index (χ3n) is 4.82. The highest BCUT2D eigenvalue weighted by molar-refractivity contribution is 14.0. The normalized spacial score (nSPS) is 17.3. The molecule has 1 aliphatic rings. The fraction of sp³-hybridized carbons (Fsp3) is 0.409. The lowest BCUT2D eigenvalue weighted by Gasteiger charge is -2.22. The Balaban J connectivity index is 0.00000300. The van der Waals surface area contributed by atoms with Crippen LogP contribution < -0.4 is 25.0 Å². The van der Waals surface area contributed by atoms with Crippen molar-refractivity contribution in [3.63, 3.8) is 0 Å². The molecule has 6 nitrogen and oxygen atoms in total. The predicted octanol–water partition coefficient (Wildman–Crippen LogP) is 3.52. The molecule has 0 amide bonds. The van der Waals surface area contributed by atoms with Crippen LogP contribution >= 0.6 is 24.0 Å². The van der Waals surface area contributed by atoms with Crippen LogP contribution in [0.3, 0.4) is 0 Å². The molecule has 1 heterocycles. The van der Waals surface area contributed by atoms with Crippen molar-refractivity contribution in [2.75, 3.05) is 38.7 Å². The zero-order chi connectivity index (χ0) is 19.8. The number of para-hydroxylation sites is 3. The first-order chi connectivity index (χ1) is 13.7. The summed E-state index contributed by atoms with van der Waals surface area (Å²) in [7, 11) is 3.51. The first-order valence-corrected chi connectivity index (χ1v) is 9.76. The van der Waals surface area contributed by atoms with Gasteiger partial charge in [-0.2, -0.15) is 0 Å². The lowest BCUT2D eigenvalue weighted by Crippen LogP contribution is -2.47. The van der Waals surface area contributed by atoms with Gasteiger partial charge in [-0.3, -0.25) is 4.99 Å². The van der Waals surface area contributed by atoms with Crippen LogP contribution in [0.5, 0.6) is 11.5 Å². The van der Waals surface area contributed by atoms with Gasteiger partial charge in [0.1, 0.15) is 17.6 Å². The van der Waals surface area contributed by atoms with Crippen molar-refractivity contribution in [1.29, 1.82) is 0 Å². The maximum atomic E-state index is 5.91. The lowest BCUT2D eigenvalue weighted by atomic mass is 10.2. The Morgan fingerprint density at radius 2 is 1.90 bits per heavy atom.